The van der Waals surface area contributed by atoms with E-state index in [1.165, 1.54) is 40.7 Å². The summed E-state index contributed by atoms with van der Waals surface area (Å²) in [5.74, 6) is 6.73. The molecule has 0 amide bonds. The Labute approximate surface area is 133 Å². The van der Waals surface area contributed by atoms with E-state index in [0.29, 0.717) is 5.92 Å². The first-order valence-electron chi connectivity index (χ1n) is 7.93. The van der Waals surface area contributed by atoms with Crippen molar-refractivity contribution in [2.24, 2.45) is 5.84 Å². The summed E-state index contributed by atoms with van der Waals surface area (Å²) in [5, 5.41) is 1.72. The molecule has 2 aromatic carbocycles. The van der Waals surface area contributed by atoms with Crippen molar-refractivity contribution in [2.75, 3.05) is 12.1 Å². The lowest BCUT2D eigenvalue weighted by molar-refractivity contribution is 1.00. The third-order valence-electron chi connectivity index (χ3n) is 4.38. The minimum Gasteiger partial charge on any atom is -0.314 e. The summed E-state index contributed by atoms with van der Waals surface area (Å²) in [6.07, 6.45) is 7.04. The van der Waals surface area contributed by atoms with Crippen LogP contribution < -0.4 is 10.9 Å². The van der Waals surface area contributed by atoms with Crippen LogP contribution in [0.4, 0.5) is 5.69 Å². The first kappa shape index (κ1) is 14.9. The Hall–Kier alpha value is -2.06. The van der Waals surface area contributed by atoms with Gasteiger partial charge in [0.25, 0.3) is 0 Å². The number of hydrogen-bond acceptors (Lipinski definition) is 2. The van der Waals surface area contributed by atoms with Gasteiger partial charge in [0.2, 0.25) is 0 Å². The van der Waals surface area contributed by atoms with Gasteiger partial charge in [-0.05, 0) is 55.4 Å². The minimum atomic E-state index is 0.707. The van der Waals surface area contributed by atoms with E-state index in [1.807, 2.05) is 7.05 Å². The van der Waals surface area contributed by atoms with Gasteiger partial charge in [-0.2, -0.15) is 0 Å². The van der Waals surface area contributed by atoms with Gasteiger partial charge in [-0.1, -0.05) is 48.0 Å². The van der Waals surface area contributed by atoms with Crippen LogP contribution in [0, 0.1) is 13.8 Å². The number of nitrogens with two attached hydrogens (primary N) is 1. The fraction of sp³-hybridized carbons (Fsp3) is 0.300. The number of hydrazine groups is 1. The van der Waals surface area contributed by atoms with Crippen LogP contribution in [-0.4, -0.2) is 7.05 Å². The second-order valence-electron chi connectivity index (χ2n) is 6.36. The predicted molar refractivity (Wildman–Crippen MR) is 95.9 cm³/mol. The Balaban J connectivity index is 2.03. The van der Waals surface area contributed by atoms with Gasteiger partial charge >= 0.3 is 0 Å². The molecule has 2 aromatic rings. The second-order valence-corrected chi connectivity index (χ2v) is 6.36. The smallest absolute Gasteiger partial charge is 0.0589 e. The van der Waals surface area contributed by atoms with Crippen LogP contribution in [-0.2, 0) is 0 Å². The highest BCUT2D eigenvalue weighted by Crippen LogP contribution is 2.44. The molecular weight excluding hydrogens is 268 g/mol. The van der Waals surface area contributed by atoms with Crippen molar-refractivity contribution in [3.63, 3.8) is 0 Å². The van der Waals surface area contributed by atoms with E-state index in [4.69, 9.17) is 5.84 Å². The molecule has 0 spiro atoms. The number of hydrogen-bond donors (Lipinski definition) is 1. The number of nitrogens with zero attached hydrogens (tertiary/aromatic N) is 1. The van der Waals surface area contributed by atoms with Gasteiger partial charge in [-0.3, -0.25) is 0 Å². The van der Waals surface area contributed by atoms with Crippen molar-refractivity contribution in [1.82, 2.24) is 0 Å². The van der Waals surface area contributed by atoms with Crippen LogP contribution in [0.5, 0.6) is 0 Å². The lowest BCUT2D eigenvalue weighted by Gasteiger charge is -2.18. The monoisotopic (exact) mass is 292 g/mol. The van der Waals surface area contributed by atoms with E-state index in [2.05, 4.69) is 62.4 Å². The molecule has 0 aliphatic heterocycles. The van der Waals surface area contributed by atoms with Crippen LogP contribution in [0.2, 0.25) is 0 Å². The molecule has 1 saturated carbocycles. The van der Waals surface area contributed by atoms with Crippen LogP contribution in [0.1, 0.15) is 46.6 Å². The lowest BCUT2D eigenvalue weighted by Crippen LogP contribution is -2.26. The average Bonchev–Trinajstić information content (AvgIpc) is 3.32. The summed E-state index contributed by atoms with van der Waals surface area (Å²) in [5.41, 5.74) is 7.64. The Morgan fingerprint density at radius 2 is 1.86 bits per heavy atom. The molecule has 3 rings (SSSR count). The van der Waals surface area contributed by atoms with E-state index in [0.717, 1.165) is 5.69 Å². The molecule has 0 unspecified atom stereocenters. The van der Waals surface area contributed by atoms with Crippen LogP contribution >= 0.6 is 0 Å². The topological polar surface area (TPSA) is 29.3 Å². The van der Waals surface area contributed by atoms with E-state index < -0.39 is 0 Å². The van der Waals surface area contributed by atoms with E-state index >= 15 is 0 Å². The van der Waals surface area contributed by atoms with E-state index in [1.54, 1.807) is 5.01 Å². The van der Waals surface area contributed by atoms with Gasteiger partial charge in [0, 0.05) is 12.6 Å². The first-order chi connectivity index (χ1) is 10.6. The molecule has 2 heteroatoms. The van der Waals surface area contributed by atoms with Crippen molar-refractivity contribution in [3.8, 4) is 0 Å². The summed E-state index contributed by atoms with van der Waals surface area (Å²) < 4.78 is 0. The molecule has 1 fully saturated rings. The number of anilines is 1. The van der Waals surface area contributed by atoms with Crippen LogP contribution in [0.3, 0.4) is 0 Å². The largest absolute Gasteiger partial charge is 0.314 e. The third kappa shape index (κ3) is 3.07. The molecule has 2 nitrogen and oxygen atoms in total. The molecule has 0 aromatic heterocycles. The third-order valence-corrected chi connectivity index (χ3v) is 4.38. The molecule has 1 aliphatic carbocycles. The summed E-state index contributed by atoms with van der Waals surface area (Å²) >= 11 is 0. The minimum absolute atomic E-state index is 0.707. The molecule has 0 bridgehead atoms. The number of aryl methyl sites for hydroxylation is 2. The normalized spacial score (nSPS) is 14.5. The molecule has 114 valence electrons. The van der Waals surface area contributed by atoms with Crippen molar-refractivity contribution in [3.05, 3.63) is 64.2 Å². The van der Waals surface area contributed by atoms with Gasteiger partial charge in [-0.25, -0.2) is 5.84 Å². The van der Waals surface area contributed by atoms with Crippen LogP contribution in [0.25, 0.3) is 12.2 Å². The Morgan fingerprint density at radius 3 is 2.55 bits per heavy atom. The average molecular weight is 292 g/mol. The predicted octanol–water partition coefficient (Wildman–Crippen LogP) is 4.66. The molecule has 1 aliphatic rings. The summed E-state index contributed by atoms with van der Waals surface area (Å²) in [6.45, 7) is 4.29. The second kappa shape index (κ2) is 5.98. The summed E-state index contributed by atoms with van der Waals surface area (Å²) in [4.78, 5) is 0. The highest BCUT2D eigenvalue weighted by molar-refractivity contribution is 5.80. The molecule has 0 atom stereocenters. The van der Waals surface area contributed by atoms with Crippen molar-refractivity contribution >= 4 is 17.8 Å². The fourth-order valence-electron chi connectivity index (χ4n) is 2.92. The Kier molecular flexibility index (Phi) is 4.04. The zero-order chi connectivity index (χ0) is 15.7. The van der Waals surface area contributed by atoms with Gasteiger partial charge in [0.1, 0.15) is 0 Å². The first-order valence-corrected chi connectivity index (χ1v) is 7.93. The van der Waals surface area contributed by atoms with Crippen molar-refractivity contribution in [2.45, 2.75) is 32.6 Å². The van der Waals surface area contributed by atoms with Crippen molar-refractivity contribution in [1.29, 1.82) is 0 Å². The number of benzene rings is 2. The SMILES string of the molecule is Cc1ccc(C)c(/C=C/c2c(C3CC3)cccc2N(C)N)c1. The quantitative estimate of drug-likeness (QED) is 0.504. The Bertz CT molecular complexity index is 689. The van der Waals surface area contributed by atoms with E-state index in [-0.39, 0.29) is 0 Å². The molecular formula is C20H24N2. The molecule has 22 heavy (non-hydrogen) atoms. The van der Waals surface area contributed by atoms with Gasteiger partial charge in [0.05, 0.1) is 5.69 Å². The zero-order valence-electron chi connectivity index (χ0n) is 13.6. The van der Waals surface area contributed by atoms with E-state index in [9.17, 15) is 0 Å². The Morgan fingerprint density at radius 1 is 1.09 bits per heavy atom. The maximum absolute atomic E-state index is 6.03. The molecule has 0 saturated heterocycles. The molecule has 0 heterocycles. The van der Waals surface area contributed by atoms with Crippen molar-refractivity contribution < 1.29 is 0 Å². The number of rotatable bonds is 4. The standard InChI is InChI=1S/C20H24N2/c1-14-7-8-15(2)17(13-14)11-12-19-18(16-9-10-16)5-4-6-20(19)22(3)21/h4-8,11-13,16H,9-10,21H2,1-3H3/b12-11+. The van der Waals surface area contributed by atoms with Gasteiger partial charge < -0.3 is 5.01 Å². The van der Waals surface area contributed by atoms with Crippen LogP contribution in [0.15, 0.2) is 36.4 Å². The highest BCUT2D eigenvalue weighted by Gasteiger charge is 2.26. The van der Waals surface area contributed by atoms with Gasteiger partial charge in [0.15, 0.2) is 0 Å². The fourth-order valence-corrected chi connectivity index (χ4v) is 2.92. The zero-order valence-corrected chi connectivity index (χ0v) is 13.6. The highest BCUT2D eigenvalue weighted by atomic mass is 15.4. The summed E-state index contributed by atoms with van der Waals surface area (Å²) in [6, 6.07) is 13.0. The summed E-state index contributed by atoms with van der Waals surface area (Å²) in [7, 11) is 1.90. The van der Waals surface area contributed by atoms with Gasteiger partial charge in [-0.15, -0.1) is 0 Å². The lowest BCUT2D eigenvalue weighted by atomic mass is 9.98. The molecule has 0 radical (unpaired) electrons. The maximum atomic E-state index is 6.03. The molecule has 2 N–H and O–H groups in total. The maximum Gasteiger partial charge on any atom is 0.0589 e.